The fourth-order valence-electron chi connectivity index (χ4n) is 4.14. The number of aromatic nitrogens is 6. The number of rotatable bonds is 9. The number of ether oxygens (including phenoxy) is 2. The highest BCUT2D eigenvalue weighted by Gasteiger charge is 2.33. The molecular weight excluding hydrogens is 652 g/mol. The summed E-state index contributed by atoms with van der Waals surface area (Å²) < 4.78 is 42.0. The van der Waals surface area contributed by atoms with Gasteiger partial charge in [0.2, 0.25) is 0 Å². The summed E-state index contributed by atoms with van der Waals surface area (Å²) in [4.78, 5) is 13.0. The number of pyridine rings is 1. The van der Waals surface area contributed by atoms with E-state index in [9.17, 15) is 8.42 Å². The molecule has 3 aromatic heterocycles. The third-order valence-corrected chi connectivity index (χ3v) is 9.80. The molecule has 0 N–H and O–H groups in total. The van der Waals surface area contributed by atoms with E-state index < -0.39 is 26.8 Å². The Kier molecular flexibility index (Phi) is 8.72. The van der Waals surface area contributed by atoms with Crippen LogP contribution >= 0.6 is 31.9 Å². The van der Waals surface area contributed by atoms with E-state index in [0.717, 1.165) is 11.1 Å². The quantitative estimate of drug-likeness (QED) is 0.229. The Balaban J connectivity index is 1.90. The number of hydrogen-bond donors (Lipinski definition) is 0. The molecule has 10 nitrogen and oxygen atoms in total. The zero-order valence-electron chi connectivity index (χ0n) is 22.3. The summed E-state index contributed by atoms with van der Waals surface area (Å²) in [6.45, 7) is 7.26. The number of nitrogens with zero attached hydrogens (tertiary/aromatic N) is 6. The van der Waals surface area contributed by atoms with E-state index in [2.05, 4.69) is 57.0 Å². The van der Waals surface area contributed by atoms with Gasteiger partial charge in [-0.2, -0.15) is 0 Å². The molecule has 0 saturated carbocycles. The molecule has 206 valence electrons. The molecule has 0 bridgehead atoms. The van der Waals surface area contributed by atoms with Crippen LogP contribution in [0.4, 0.5) is 0 Å². The van der Waals surface area contributed by atoms with Gasteiger partial charge in [-0.3, -0.25) is 9.55 Å². The molecule has 0 saturated heterocycles. The van der Waals surface area contributed by atoms with Gasteiger partial charge in [-0.15, -0.1) is 10.2 Å². The van der Waals surface area contributed by atoms with Gasteiger partial charge in [-0.25, -0.2) is 18.4 Å². The molecule has 4 aromatic rings. The van der Waals surface area contributed by atoms with E-state index in [1.807, 2.05) is 19.9 Å². The van der Waals surface area contributed by atoms with Gasteiger partial charge in [-0.05, 0) is 75.9 Å². The minimum Gasteiger partial charge on any atom is -0.493 e. The van der Waals surface area contributed by atoms with Crippen molar-refractivity contribution in [2.75, 3.05) is 14.2 Å². The van der Waals surface area contributed by atoms with E-state index >= 15 is 0 Å². The molecule has 3 heterocycles. The monoisotopic (exact) mass is 678 g/mol. The largest absolute Gasteiger partial charge is 0.493 e. The van der Waals surface area contributed by atoms with Crippen LogP contribution in [0.15, 0.2) is 45.9 Å². The van der Waals surface area contributed by atoms with Crippen molar-refractivity contribution in [3.05, 3.63) is 68.6 Å². The first-order chi connectivity index (χ1) is 18.5. The first kappa shape index (κ1) is 29.1. The highest BCUT2D eigenvalue weighted by atomic mass is 79.9. The molecule has 2 atom stereocenters. The molecule has 39 heavy (non-hydrogen) atoms. The summed E-state index contributed by atoms with van der Waals surface area (Å²) in [5.74, 6) is 1.04. The average Bonchev–Trinajstić information content (AvgIpc) is 3.30. The number of halogens is 2. The molecule has 0 aliphatic rings. The van der Waals surface area contributed by atoms with Crippen LogP contribution in [0.2, 0.25) is 0 Å². The van der Waals surface area contributed by atoms with E-state index in [4.69, 9.17) is 9.47 Å². The number of benzene rings is 1. The summed E-state index contributed by atoms with van der Waals surface area (Å²) in [5.41, 5.74) is 2.90. The predicted octanol–water partition coefficient (Wildman–Crippen LogP) is 5.39. The van der Waals surface area contributed by atoms with Crippen LogP contribution in [0, 0.1) is 13.8 Å². The third kappa shape index (κ3) is 5.85. The number of hydrogen-bond acceptors (Lipinski definition) is 9. The molecule has 0 aliphatic heterocycles. The fraction of sp³-hybridized carbons (Fsp3) is 0.346. The Bertz CT molecular complexity index is 1580. The van der Waals surface area contributed by atoms with Gasteiger partial charge in [-0.1, -0.05) is 6.92 Å². The van der Waals surface area contributed by atoms with Crippen molar-refractivity contribution in [1.82, 2.24) is 29.7 Å². The molecular formula is C26H28Br2N6O4S. The molecule has 0 unspecified atom stereocenters. The Hall–Kier alpha value is -2.90. The van der Waals surface area contributed by atoms with Gasteiger partial charge in [0.15, 0.2) is 33.0 Å². The fourth-order valence-corrected chi connectivity index (χ4v) is 7.16. The molecule has 1 aromatic carbocycles. The second kappa shape index (κ2) is 11.7. The predicted molar refractivity (Wildman–Crippen MR) is 155 cm³/mol. The molecule has 0 aliphatic carbocycles. The van der Waals surface area contributed by atoms with Crippen molar-refractivity contribution in [2.24, 2.45) is 0 Å². The summed E-state index contributed by atoms with van der Waals surface area (Å²) in [6, 6.07) is 3.69. The normalized spacial score (nSPS) is 13.2. The van der Waals surface area contributed by atoms with Gasteiger partial charge in [0.05, 0.1) is 28.4 Å². The van der Waals surface area contributed by atoms with Crippen LogP contribution in [-0.2, 0) is 15.6 Å². The Morgan fingerprint density at radius 2 is 1.51 bits per heavy atom. The van der Waals surface area contributed by atoms with Crippen molar-refractivity contribution in [1.29, 1.82) is 0 Å². The zero-order chi connectivity index (χ0) is 28.5. The van der Waals surface area contributed by atoms with Gasteiger partial charge in [0.25, 0.3) is 0 Å². The van der Waals surface area contributed by atoms with Gasteiger partial charge in [0, 0.05) is 36.3 Å². The summed E-state index contributed by atoms with van der Waals surface area (Å²) in [6.07, 6.45) is 6.74. The van der Waals surface area contributed by atoms with E-state index in [1.54, 1.807) is 49.3 Å². The van der Waals surface area contributed by atoms with Crippen LogP contribution in [0.5, 0.6) is 11.5 Å². The third-order valence-electron chi connectivity index (χ3n) is 6.42. The smallest absolute Gasteiger partial charge is 0.170 e. The minimum atomic E-state index is -3.76. The maximum Gasteiger partial charge on any atom is 0.170 e. The molecule has 0 fully saturated rings. The minimum absolute atomic E-state index is 0.192. The van der Waals surface area contributed by atoms with E-state index in [-0.39, 0.29) is 5.82 Å². The van der Waals surface area contributed by atoms with Crippen LogP contribution < -0.4 is 9.47 Å². The summed E-state index contributed by atoms with van der Waals surface area (Å²) in [7, 11) is -0.712. The first-order valence-electron chi connectivity index (χ1n) is 11.9. The standard InChI is InChI=1S/C26H28Br2N6O4S/c1-14-7-18(12-29-9-14)26-33-32-21(34(26)22-23(37-5)19(27)8-20(28)24(22)38-6)13-39(35,36)17(4)16(3)25-30-10-15(2)11-31-25/h7-12,16-17H,13H2,1-6H3/t16-,17-/m0/s1. The Morgan fingerprint density at radius 3 is 2.08 bits per heavy atom. The number of aryl methyl sites for hydroxylation is 2. The van der Waals surface area contributed by atoms with Crippen LogP contribution in [0.25, 0.3) is 17.1 Å². The maximum atomic E-state index is 13.8. The van der Waals surface area contributed by atoms with E-state index in [0.29, 0.717) is 43.3 Å². The van der Waals surface area contributed by atoms with Crippen molar-refractivity contribution < 1.29 is 17.9 Å². The molecule has 0 spiro atoms. The molecule has 0 amide bonds. The lowest BCUT2D eigenvalue weighted by atomic mass is 10.1. The van der Waals surface area contributed by atoms with Crippen LogP contribution in [0.1, 0.15) is 42.5 Å². The number of methoxy groups -OCH3 is 2. The summed E-state index contributed by atoms with van der Waals surface area (Å²) in [5, 5.41) is 7.97. The number of sulfone groups is 1. The lowest BCUT2D eigenvalue weighted by Crippen LogP contribution is -2.27. The Morgan fingerprint density at radius 1 is 0.897 bits per heavy atom. The van der Waals surface area contributed by atoms with E-state index in [1.165, 1.54) is 14.2 Å². The van der Waals surface area contributed by atoms with Gasteiger partial charge in [0.1, 0.15) is 17.3 Å². The molecule has 4 rings (SSSR count). The highest BCUT2D eigenvalue weighted by Crippen LogP contribution is 2.45. The molecule has 0 radical (unpaired) electrons. The zero-order valence-corrected chi connectivity index (χ0v) is 26.3. The average molecular weight is 680 g/mol. The maximum absolute atomic E-state index is 13.8. The lowest BCUT2D eigenvalue weighted by Gasteiger charge is -2.21. The van der Waals surface area contributed by atoms with Crippen LogP contribution in [0.3, 0.4) is 0 Å². The van der Waals surface area contributed by atoms with Gasteiger partial charge < -0.3 is 9.47 Å². The Labute approximate surface area is 244 Å². The first-order valence-corrected chi connectivity index (χ1v) is 15.2. The molecule has 13 heteroatoms. The van der Waals surface area contributed by atoms with Gasteiger partial charge >= 0.3 is 0 Å². The van der Waals surface area contributed by atoms with Crippen molar-refractivity contribution in [2.45, 2.75) is 44.6 Å². The SMILES string of the molecule is COc1c(Br)cc(Br)c(OC)c1-n1c(CS(=O)(=O)[C@@H](C)[C@H](C)c2ncc(C)cn2)nnc1-c1cncc(C)c1. The second-order valence-electron chi connectivity index (χ2n) is 9.20. The highest BCUT2D eigenvalue weighted by molar-refractivity contribution is 9.11. The van der Waals surface area contributed by atoms with Crippen molar-refractivity contribution in [3.63, 3.8) is 0 Å². The van der Waals surface area contributed by atoms with Crippen LogP contribution in [-0.4, -0.2) is 57.6 Å². The lowest BCUT2D eigenvalue weighted by molar-refractivity contribution is 0.387. The topological polar surface area (TPSA) is 122 Å². The summed E-state index contributed by atoms with van der Waals surface area (Å²) >= 11 is 7.10. The van der Waals surface area contributed by atoms with Crippen molar-refractivity contribution >= 4 is 41.7 Å². The second-order valence-corrected chi connectivity index (χ2v) is 13.3. The van der Waals surface area contributed by atoms with Crippen molar-refractivity contribution in [3.8, 4) is 28.6 Å².